The van der Waals surface area contributed by atoms with Gasteiger partial charge in [0.15, 0.2) is 5.69 Å². The summed E-state index contributed by atoms with van der Waals surface area (Å²) in [4.78, 5) is 12.4. The second kappa shape index (κ2) is 7.62. The minimum absolute atomic E-state index is 0.251. The molecule has 2 aromatic heterocycles. The Labute approximate surface area is 155 Å². The molecule has 1 aromatic carbocycles. The number of hydrogen-bond acceptors (Lipinski definition) is 7. The number of rotatable bonds is 5. The highest BCUT2D eigenvalue weighted by Crippen LogP contribution is 2.26. The fraction of sp³-hybridized carbons (Fsp3) is 0.412. The first kappa shape index (κ1) is 17.3. The van der Waals surface area contributed by atoms with Crippen LogP contribution in [0.5, 0.6) is 0 Å². The summed E-state index contributed by atoms with van der Waals surface area (Å²) in [7, 11) is 0. The number of amides is 1. The van der Waals surface area contributed by atoms with E-state index in [-0.39, 0.29) is 18.0 Å². The lowest BCUT2D eigenvalue weighted by Gasteiger charge is -2.25. The van der Waals surface area contributed by atoms with Gasteiger partial charge >= 0.3 is 0 Å². The van der Waals surface area contributed by atoms with Gasteiger partial charge in [0.25, 0.3) is 5.91 Å². The van der Waals surface area contributed by atoms with Gasteiger partial charge in [0, 0.05) is 18.2 Å². The van der Waals surface area contributed by atoms with Gasteiger partial charge in [-0.1, -0.05) is 23.4 Å². The molecule has 3 aromatic rings. The molecule has 0 spiro atoms. The van der Waals surface area contributed by atoms with Crippen molar-refractivity contribution < 1.29 is 4.79 Å². The molecule has 0 aliphatic heterocycles. The van der Waals surface area contributed by atoms with Crippen LogP contribution >= 0.6 is 0 Å². The Bertz CT molecular complexity index is 897. The summed E-state index contributed by atoms with van der Waals surface area (Å²) in [6.07, 6.45) is 5.60. The van der Waals surface area contributed by atoms with Gasteiger partial charge < -0.3 is 11.1 Å². The highest BCUT2D eigenvalue weighted by atomic mass is 16.2. The number of nitrogens with two attached hydrogens (primary N) is 1. The Kier molecular flexibility index (Phi) is 4.88. The number of nitrogens with zero attached hydrogens (tertiary/aromatic N) is 6. The van der Waals surface area contributed by atoms with E-state index in [9.17, 15) is 4.79 Å². The Morgan fingerprint density at radius 1 is 1.26 bits per heavy atom. The zero-order chi connectivity index (χ0) is 18.6. The average Bonchev–Trinajstić information content (AvgIpc) is 3.39. The molecule has 2 heterocycles. The van der Waals surface area contributed by atoms with Crippen molar-refractivity contribution >= 4 is 5.91 Å². The quantitative estimate of drug-likeness (QED) is 0.606. The van der Waals surface area contributed by atoms with Crippen LogP contribution in [-0.4, -0.2) is 47.6 Å². The summed E-state index contributed by atoms with van der Waals surface area (Å²) in [5, 5.41) is 24.9. The molecular weight excluding hydrogens is 346 g/mol. The maximum absolute atomic E-state index is 12.4. The molecule has 0 bridgehead atoms. The highest BCUT2D eigenvalue weighted by molar-refractivity contribution is 5.91. The summed E-state index contributed by atoms with van der Waals surface area (Å²) in [5.41, 5.74) is 8.02. The first-order valence-electron chi connectivity index (χ1n) is 8.97. The largest absolute Gasteiger partial charge is 0.347 e. The van der Waals surface area contributed by atoms with E-state index >= 15 is 0 Å². The predicted octanol–water partition coefficient (Wildman–Crippen LogP) is 0.831. The average molecular weight is 367 g/mol. The number of carbonyl (C=O) groups is 1. The minimum Gasteiger partial charge on any atom is -0.347 e. The van der Waals surface area contributed by atoms with Crippen LogP contribution < -0.4 is 11.1 Å². The monoisotopic (exact) mass is 367 g/mol. The van der Waals surface area contributed by atoms with Gasteiger partial charge in [-0.2, -0.15) is 5.21 Å². The third-order valence-electron chi connectivity index (χ3n) is 4.84. The number of tetrazole rings is 1. The second-order valence-electron chi connectivity index (χ2n) is 6.77. The van der Waals surface area contributed by atoms with Gasteiger partial charge in [-0.15, -0.1) is 15.3 Å². The summed E-state index contributed by atoms with van der Waals surface area (Å²) >= 11 is 0. The Balaban J connectivity index is 1.37. The van der Waals surface area contributed by atoms with Gasteiger partial charge in [0.2, 0.25) is 5.82 Å². The number of hydrogen-bond donors (Lipinski definition) is 3. The molecule has 1 amide bonds. The van der Waals surface area contributed by atoms with Crippen LogP contribution in [0.4, 0.5) is 0 Å². The molecule has 140 valence electrons. The van der Waals surface area contributed by atoms with Crippen molar-refractivity contribution in [3.8, 4) is 11.4 Å². The van der Waals surface area contributed by atoms with E-state index in [1.54, 1.807) is 10.9 Å². The van der Waals surface area contributed by atoms with Crippen molar-refractivity contribution in [3.63, 3.8) is 0 Å². The zero-order valence-electron chi connectivity index (χ0n) is 14.7. The predicted molar refractivity (Wildman–Crippen MR) is 96.3 cm³/mol. The van der Waals surface area contributed by atoms with Crippen molar-refractivity contribution in [2.75, 3.05) is 0 Å². The molecule has 4 rings (SSSR count). The number of carbonyl (C=O) groups excluding carboxylic acids is 1. The molecule has 4 N–H and O–H groups in total. The summed E-state index contributed by atoms with van der Waals surface area (Å²) in [6, 6.07) is 8.15. The van der Waals surface area contributed by atoms with Crippen LogP contribution in [0.1, 0.15) is 47.8 Å². The van der Waals surface area contributed by atoms with Crippen molar-refractivity contribution in [2.45, 2.75) is 44.3 Å². The Morgan fingerprint density at radius 3 is 2.89 bits per heavy atom. The molecule has 0 atom stereocenters. The topological polar surface area (TPSA) is 140 Å². The van der Waals surface area contributed by atoms with Gasteiger partial charge in [-0.05, 0) is 42.5 Å². The van der Waals surface area contributed by atoms with E-state index in [0.29, 0.717) is 18.1 Å². The maximum Gasteiger partial charge on any atom is 0.273 e. The van der Waals surface area contributed by atoms with E-state index in [4.69, 9.17) is 5.73 Å². The first-order valence-corrected chi connectivity index (χ1v) is 8.97. The van der Waals surface area contributed by atoms with Gasteiger partial charge in [0.1, 0.15) is 0 Å². The zero-order valence-corrected chi connectivity index (χ0v) is 14.7. The maximum atomic E-state index is 12.4. The number of aromatic nitrogens is 7. The number of nitrogens with one attached hydrogen (secondary N) is 2. The number of aromatic amines is 1. The lowest BCUT2D eigenvalue weighted by atomic mass is 9.92. The molecule has 10 heteroatoms. The molecule has 0 saturated heterocycles. The third-order valence-corrected chi connectivity index (χ3v) is 4.84. The molecule has 10 nitrogen and oxygen atoms in total. The summed E-state index contributed by atoms with van der Waals surface area (Å²) in [5.74, 6) is 0.261. The van der Waals surface area contributed by atoms with Gasteiger partial charge in [0.05, 0.1) is 12.2 Å². The summed E-state index contributed by atoms with van der Waals surface area (Å²) in [6.45, 7) is 0.371. The first-order chi connectivity index (χ1) is 13.2. The van der Waals surface area contributed by atoms with E-state index < -0.39 is 0 Å². The van der Waals surface area contributed by atoms with Crippen molar-refractivity contribution in [1.82, 2.24) is 40.9 Å². The van der Waals surface area contributed by atoms with Gasteiger partial charge in [-0.3, -0.25) is 4.79 Å². The molecule has 0 unspecified atom stereocenters. The normalized spacial score (nSPS) is 19.7. The molecule has 27 heavy (non-hydrogen) atoms. The third kappa shape index (κ3) is 4.00. The van der Waals surface area contributed by atoms with Crippen LogP contribution in [0.2, 0.25) is 0 Å². The van der Waals surface area contributed by atoms with Crippen LogP contribution in [0.15, 0.2) is 30.5 Å². The number of benzene rings is 1. The Morgan fingerprint density at radius 2 is 2.11 bits per heavy atom. The van der Waals surface area contributed by atoms with Gasteiger partial charge in [-0.25, -0.2) is 4.68 Å². The summed E-state index contributed by atoms with van der Waals surface area (Å²) < 4.78 is 1.79. The second-order valence-corrected chi connectivity index (χ2v) is 6.77. The smallest absolute Gasteiger partial charge is 0.273 e. The van der Waals surface area contributed by atoms with Crippen molar-refractivity contribution in [1.29, 1.82) is 0 Å². The lowest BCUT2D eigenvalue weighted by molar-refractivity contribution is 0.0946. The molecule has 1 fully saturated rings. The lowest BCUT2D eigenvalue weighted by Crippen LogP contribution is -2.28. The van der Waals surface area contributed by atoms with Crippen LogP contribution in [0.25, 0.3) is 11.4 Å². The molecule has 1 aliphatic rings. The van der Waals surface area contributed by atoms with Crippen molar-refractivity contribution in [2.24, 2.45) is 5.73 Å². The molecule has 1 saturated carbocycles. The van der Waals surface area contributed by atoms with Crippen LogP contribution in [-0.2, 0) is 6.54 Å². The van der Waals surface area contributed by atoms with Crippen LogP contribution in [0, 0.1) is 0 Å². The van der Waals surface area contributed by atoms with E-state index in [0.717, 1.165) is 36.8 Å². The molecular formula is C17H21N9O. The number of H-pyrrole nitrogens is 1. The minimum atomic E-state index is -0.251. The fourth-order valence-electron chi connectivity index (χ4n) is 3.30. The SMILES string of the molecule is NC1CCC(n2cc(C(=O)NCc3cccc(-c4nn[nH]n4)c3)nn2)CC1. The highest BCUT2D eigenvalue weighted by Gasteiger charge is 2.22. The fourth-order valence-corrected chi connectivity index (χ4v) is 3.30. The molecule has 0 radical (unpaired) electrons. The van der Waals surface area contributed by atoms with E-state index in [1.807, 2.05) is 24.3 Å². The Hall–Kier alpha value is -3.14. The standard InChI is InChI=1S/C17H21N9O/c18-13-4-6-14(7-5-13)26-10-15(20-25-26)17(27)19-9-11-2-1-3-12(8-11)16-21-23-24-22-16/h1-3,8,10,13-14H,4-7,9,18H2,(H,19,27)(H,21,22,23,24). The van der Waals surface area contributed by atoms with Crippen LogP contribution in [0.3, 0.4) is 0 Å². The van der Waals surface area contributed by atoms with Crippen molar-refractivity contribution in [3.05, 3.63) is 41.7 Å². The molecule has 1 aliphatic carbocycles. The van der Waals surface area contributed by atoms with E-state index in [1.165, 1.54) is 0 Å². The van der Waals surface area contributed by atoms with E-state index in [2.05, 4.69) is 36.3 Å².